The maximum atomic E-state index is 14.6. The highest BCUT2D eigenvalue weighted by molar-refractivity contribution is 6.37. The molecule has 24 heteroatoms. The van der Waals surface area contributed by atoms with Crippen molar-refractivity contribution in [2.45, 2.75) is 94.4 Å². The summed E-state index contributed by atoms with van der Waals surface area (Å²) < 4.78 is 71.9. The maximum absolute atomic E-state index is 14.6. The van der Waals surface area contributed by atoms with Crippen molar-refractivity contribution in [3.8, 4) is 12.0 Å². The molecule has 14 rings (SSSR count). The van der Waals surface area contributed by atoms with Crippen LogP contribution in [-0.2, 0) is 35.5 Å². The van der Waals surface area contributed by atoms with Gasteiger partial charge in [0.15, 0.2) is 11.7 Å². The van der Waals surface area contributed by atoms with Crippen LogP contribution in [0.5, 0.6) is 12.0 Å². The molecule has 2 saturated carbocycles. The van der Waals surface area contributed by atoms with Gasteiger partial charge in [0.05, 0.1) is 40.6 Å². The lowest BCUT2D eigenvalue weighted by Crippen LogP contribution is -2.58. The van der Waals surface area contributed by atoms with Gasteiger partial charge in [0.1, 0.15) is 47.6 Å². The second-order valence-corrected chi connectivity index (χ2v) is 24.9. The van der Waals surface area contributed by atoms with E-state index in [1.54, 1.807) is 12.1 Å². The topological polar surface area (TPSA) is 140 Å². The van der Waals surface area contributed by atoms with Crippen LogP contribution in [0, 0.1) is 24.8 Å². The molecule has 0 radical (unpaired) electrons. The van der Waals surface area contributed by atoms with Crippen molar-refractivity contribution in [3.63, 3.8) is 0 Å². The van der Waals surface area contributed by atoms with Gasteiger partial charge in [-0.3, -0.25) is 14.5 Å². The summed E-state index contributed by atoms with van der Waals surface area (Å²) in [7, 11) is 0. The van der Waals surface area contributed by atoms with Crippen molar-refractivity contribution in [2.24, 2.45) is 0 Å². The Bertz CT molecular complexity index is 4090. The highest BCUT2D eigenvalue weighted by atomic mass is 35.5. The normalized spacial score (nSPS) is 22.1. The van der Waals surface area contributed by atoms with Crippen LogP contribution in [0.25, 0.3) is 31.2 Å². The van der Waals surface area contributed by atoms with Crippen LogP contribution >= 0.6 is 23.2 Å². The number of amides is 2. The highest BCUT2D eigenvalue weighted by Gasteiger charge is 2.43. The third-order valence-electron chi connectivity index (χ3n) is 18.9. The van der Waals surface area contributed by atoms with E-state index in [-0.39, 0.29) is 60.5 Å². The number of carbonyl (C=O) groups is 2. The fourth-order valence-corrected chi connectivity index (χ4v) is 14.4. The lowest BCUT2D eigenvalue weighted by Gasteiger charge is -2.47. The van der Waals surface area contributed by atoms with Gasteiger partial charge in [-0.25, -0.2) is 30.7 Å². The summed E-state index contributed by atoms with van der Waals surface area (Å²) in [5, 5.41) is 3.20. The number of hydrogen-bond donors (Lipinski definition) is 0. The number of anilines is 4. The van der Waals surface area contributed by atoms with Gasteiger partial charge in [-0.2, -0.15) is 19.9 Å². The molecule has 6 atom stereocenters. The molecule has 91 heavy (non-hydrogen) atoms. The predicted octanol–water partition coefficient (Wildman–Crippen LogP) is 11.0. The minimum Gasteiger partial charge on any atom is -0.458 e. The fraction of sp³-hybridized carbons (Fsp3) is 0.403. The van der Waals surface area contributed by atoms with Crippen molar-refractivity contribution >= 4 is 79.6 Å². The number of piperazine rings is 2. The highest BCUT2D eigenvalue weighted by Crippen LogP contribution is 2.43. The van der Waals surface area contributed by atoms with E-state index in [0.717, 1.165) is 89.3 Å². The Labute approximate surface area is 534 Å². The van der Waals surface area contributed by atoms with Crippen molar-refractivity contribution in [2.75, 3.05) is 98.1 Å². The van der Waals surface area contributed by atoms with Gasteiger partial charge in [0.2, 0.25) is 13.1 Å². The molecule has 2 aliphatic carbocycles. The average molecular weight is 1280 g/mol. The van der Waals surface area contributed by atoms with E-state index in [1.807, 2.05) is 60.9 Å². The molecular weight excluding hydrogens is 1210 g/mol. The quantitative estimate of drug-likeness (QED) is 0.0580. The number of rotatable bonds is 14. The Morgan fingerprint density at radius 3 is 1.44 bits per heavy atom. The molecule has 4 aromatic carbocycles. The number of aromatic nitrogens is 5. The standard InChI is InChI=1S/C34H32ClF2N7O2.C33H34ClF2N7O2/c1-21(36)33(45)44-17-16-43(19-23(44)18-38-2)32-24-12-15-42(28-7-5-6-22-8-9-25(37)31(35)30(22)28)20-26(24)39-34(40-32)46-29-11-10-27(29)41-13-3-4-14-41;1-20(35)32(44)43-16-15-42(18-22(43)17-37-2)31-23-11-14-41(27-6-3-5-21-7-8-24(36)30(34)29(21)27)19-25(23)38-33(39-31)45-28-10-9-26(28)40-12-4-13-40/h3-9,13-14,23,27,29H,1,10-12,15-20H2;3,5-8,22,26,28H,1,4,9-19H2/t23-,27?,29?;22-,26?,28?/m00/s1. The van der Waals surface area contributed by atoms with Crippen LogP contribution < -0.4 is 29.1 Å². The van der Waals surface area contributed by atoms with Crippen LogP contribution in [0.4, 0.5) is 40.6 Å². The van der Waals surface area contributed by atoms with E-state index in [2.05, 4.69) is 51.9 Å². The smallest absolute Gasteiger partial charge is 0.319 e. The van der Waals surface area contributed by atoms with Crippen molar-refractivity contribution < 1.29 is 36.6 Å². The summed E-state index contributed by atoms with van der Waals surface area (Å²) in [6.07, 6.45) is 10.2. The number of ether oxygens (including phenoxy) is 2. The summed E-state index contributed by atoms with van der Waals surface area (Å²) >= 11 is 13.0. The first kappa shape index (κ1) is 61.2. The first-order valence-corrected chi connectivity index (χ1v) is 31.6. The minimum atomic E-state index is -1.04. The Balaban J connectivity index is 0.000000167. The second-order valence-electron chi connectivity index (χ2n) is 24.1. The molecule has 18 nitrogen and oxygen atoms in total. The van der Waals surface area contributed by atoms with Crippen LogP contribution in [0.2, 0.25) is 10.0 Å². The molecule has 470 valence electrons. The lowest BCUT2D eigenvalue weighted by molar-refractivity contribution is -0.131. The lowest BCUT2D eigenvalue weighted by atomic mass is 9.86. The zero-order valence-corrected chi connectivity index (χ0v) is 51.5. The molecule has 2 amide bonds. The van der Waals surface area contributed by atoms with E-state index in [1.165, 1.54) is 28.4 Å². The third kappa shape index (κ3) is 12.0. The molecule has 0 N–H and O–H groups in total. The Morgan fingerprint density at radius 2 is 1.03 bits per heavy atom. The Hall–Kier alpha value is -8.70. The van der Waals surface area contributed by atoms with Gasteiger partial charge >= 0.3 is 12.0 Å². The largest absolute Gasteiger partial charge is 0.458 e. The van der Waals surface area contributed by atoms with Gasteiger partial charge in [0.25, 0.3) is 11.8 Å². The molecule has 3 saturated heterocycles. The maximum Gasteiger partial charge on any atom is 0.319 e. The van der Waals surface area contributed by atoms with Gasteiger partial charge in [-0.05, 0) is 105 Å². The summed E-state index contributed by atoms with van der Waals surface area (Å²) in [5.74, 6) is -3.15. The van der Waals surface area contributed by atoms with Crippen molar-refractivity contribution in [1.82, 2.24) is 39.2 Å². The van der Waals surface area contributed by atoms with Gasteiger partial charge in [-0.15, -0.1) is 0 Å². The van der Waals surface area contributed by atoms with Crippen LogP contribution in [0.3, 0.4) is 0 Å². The number of likely N-dealkylation sites (tertiary alicyclic amines) is 1. The van der Waals surface area contributed by atoms with Gasteiger partial charge < -0.3 is 53.1 Å². The molecule has 5 fully saturated rings. The zero-order chi connectivity index (χ0) is 63.2. The van der Waals surface area contributed by atoms with Crippen LogP contribution in [0.15, 0.2) is 110 Å². The summed E-state index contributed by atoms with van der Waals surface area (Å²) in [5.41, 5.74) is 5.16. The summed E-state index contributed by atoms with van der Waals surface area (Å²) in [6, 6.07) is 21.9. The second kappa shape index (κ2) is 25.9. The van der Waals surface area contributed by atoms with Crippen molar-refractivity contribution in [1.29, 1.82) is 0 Å². The fourth-order valence-electron chi connectivity index (χ4n) is 13.8. The molecule has 7 aromatic rings. The average Bonchev–Trinajstić information content (AvgIpc) is 1.04. The molecule has 8 heterocycles. The molecule has 0 bridgehead atoms. The van der Waals surface area contributed by atoms with E-state index in [9.17, 15) is 27.2 Å². The molecule has 0 spiro atoms. The Kier molecular flexibility index (Phi) is 17.4. The van der Waals surface area contributed by atoms with E-state index >= 15 is 0 Å². The number of carbonyl (C=O) groups excluding carboxylic acids is 2. The van der Waals surface area contributed by atoms with E-state index < -0.39 is 47.2 Å². The van der Waals surface area contributed by atoms with E-state index in [0.29, 0.717) is 93.8 Å². The van der Waals surface area contributed by atoms with Crippen LogP contribution in [-0.4, -0.2) is 160 Å². The summed E-state index contributed by atoms with van der Waals surface area (Å²) in [4.78, 5) is 65.6. The molecular formula is C67H66Cl2F4N14O4. The molecule has 5 aliphatic heterocycles. The molecule has 7 aliphatic rings. The SMILES string of the molecule is [C-]#[N+]C[C@H]1CN(c2nc(OC3CCC3N3CCC3)nc3c2CCN(c2cccc4ccc(F)c(Cl)c24)C3)CCN1C(=O)C(=C)F.[C-]#[N+]C[C@H]1CN(c2nc(OC3CCC3n3cccc3)nc3c2CCN(c2cccc4ccc(F)c(Cl)c24)C3)CCN1C(=O)C(=C)F. The monoisotopic (exact) mass is 1280 g/mol. The number of nitrogens with zero attached hydrogens (tertiary/aromatic N) is 14. The number of hydrogen-bond acceptors (Lipinski definition) is 13. The molecule has 3 aromatic heterocycles. The first-order valence-electron chi connectivity index (χ1n) is 30.8. The van der Waals surface area contributed by atoms with Crippen molar-refractivity contribution in [3.05, 3.63) is 177 Å². The Morgan fingerprint density at radius 1 is 0.571 bits per heavy atom. The zero-order valence-electron chi connectivity index (χ0n) is 50.0. The summed E-state index contributed by atoms with van der Waals surface area (Å²) in [6.45, 7) is 27.5. The van der Waals surface area contributed by atoms with Gasteiger partial charge in [0, 0.05) is 104 Å². The minimum absolute atomic E-state index is 0.00985. The third-order valence-corrected chi connectivity index (χ3v) is 19.7. The molecule has 4 unspecified atom stereocenters. The van der Waals surface area contributed by atoms with Crippen LogP contribution in [0.1, 0.15) is 60.7 Å². The first-order chi connectivity index (χ1) is 44.1. The number of halogens is 6. The predicted molar refractivity (Wildman–Crippen MR) is 341 cm³/mol. The number of fused-ring (bicyclic) bond motifs is 4. The number of benzene rings is 4. The van der Waals surface area contributed by atoms with Gasteiger partial charge in [-0.1, -0.05) is 72.8 Å². The van der Waals surface area contributed by atoms with E-state index in [4.69, 9.17) is 65.8 Å².